The number of Topliss-reactive ketones (excluding diaryl/α,β-unsaturated/α-hetero) is 1. The highest BCUT2D eigenvalue weighted by atomic mass is 19.4. The Balaban J connectivity index is 3.09. The number of alkyl halides is 3. The van der Waals surface area contributed by atoms with E-state index in [2.05, 4.69) is 4.98 Å². The molecule has 5 heteroatoms. The summed E-state index contributed by atoms with van der Waals surface area (Å²) < 4.78 is 37.6. The van der Waals surface area contributed by atoms with E-state index in [1.165, 1.54) is 12.1 Å². The predicted molar refractivity (Wildman–Crippen MR) is 53.0 cm³/mol. The molecular formula is C11H12F3NO. The fraction of sp³-hybridized carbons (Fsp3) is 0.455. The molecule has 1 rings (SSSR count). The molecule has 0 saturated carbocycles. The third-order valence-corrected chi connectivity index (χ3v) is 1.97. The summed E-state index contributed by atoms with van der Waals surface area (Å²) in [4.78, 5) is 14.8. The SMILES string of the molecule is CC(C)CC(=O)c1cccnc1C(F)(F)F. The Labute approximate surface area is 91.5 Å². The van der Waals surface area contributed by atoms with Gasteiger partial charge in [0.15, 0.2) is 11.5 Å². The van der Waals surface area contributed by atoms with Crippen LogP contribution in [0.3, 0.4) is 0 Å². The van der Waals surface area contributed by atoms with Crippen LogP contribution in [0.2, 0.25) is 0 Å². The van der Waals surface area contributed by atoms with Gasteiger partial charge in [-0.15, -0.1) is 0 Å². The second-order valence-corrected chi connectivity index (χ2v) is 3.92. The lowest BCUT2D eigenvalue weighted by atomic mass is 10.00. The van der Waals surface area contributed by atoms with Gasteiger partial charge in [0, 0.05) is 18.2 Å². The predicted octanol–water partition coefficient (Wildman–Crippen LogP) is 3.33. The van der Waals surface area contributed by atoms with Crippen molar-refractivity contribution in [3.8, 4) is 0 Å². The number of carbonyl (C=O) groups is 1. The maximum atomic E-state index is 12.5. The molecule has 0 bridgehead atoms. The molecule has 0 fully saturated rings. The van der Waals surface area contributed by atoms with Crippen LogP contribution < -0.4 is 0 Å². The van der Waals surface area contributed by atoms with Gasteiger partial charge in [-0.3, -0.25) is 9.78 Å². The fourth-order valence-electron chi connectivity index (χ4n) is 1.34. The van der Waals surface area contributed by atoms with Crippen molar-refractivity contribution in [2.45, 2.75) is 26.4 Å². The van der Waals surface area contributed by atoms with Gasteiger partial charge in [0.25, 0.3) is 0 Å². The average Bonchev–Trinajstić information content (AvgIpc) is 2.15. The Bertz CT molecular complexity index is 385. The van der Waals surface area contributed by atoms with Gasteiger partial charge in [-0.25, -0.2) is 0 Å². The first kappa shape index (κ1) is 12.7. The average molecular weight is 231 g/mol. The molecule has 0 N–H and O–H groups in total. The van der Waals surface area contributed by atoms with E-state index in [0.717, 1.165) is 6.20 Å². The van der Waals surface area contributed by atoms with Gasteiger partial charge in [-0.1, -0.05) is 13.8 Å². The molecule has 0 aliphatic carbocycles. The molecule has 0 aliphatic rings. The van der Waals surface area contributed by atoms with Crippen LogP contribution in [0, 0.1) is 5.92 Å². The maximum absolute atomic E-state index is 12.5. The molecule has 2 nitrogen and oxygen atoms in total. The van der Waals surface area contributed by atoms with Crippen LogP contribution in [0.25, 0.3) is 0 Å². The number of aromatic nitrogens is 1. The molecule has 0 spiro atoms. The van der Waals surface area contributed by atoms with E-state index >= 15 is 0 Å². The molecular weight excluding hydrogens is 219 g/mol. The van der Waals surface area contributed by atoms with E-state index in [9.17, 15) is 18.0 Å². The molecule has 1 heterocycles. The first-order valence-electron chi connectivity index (χ1n) is 4.87. The molecule has 0 unspecified atom stereocenters. The zero-order valence-electron chi connectivity index (χ0n) is 9.01. The Kier molecular flexibility index (Phi) is 3.67. The number of halogens is 3. The van der Waals surface area contributed by atoms with Crippen LogP contribution >= 0.6 is 0 Å². The minimum Gasteiger partial charge on any atom is -0.294 e. The standard InChI is InChI=1S/C11H12F3NO/c1-7(2)6-9(16)8-4-3-5-15-10(8)11(12,13)14/h3-5,7H,6H2,1-2H3. The third-order valence-electron chi connectivity index (χ3n) is 1.97. The van der Waals surface area contributed by atoms with Gasteiger partial charge in [0.1, 0.15) is 0 Å². The second kappa shape index (κ2) is 4.63. The Morgan fingerprint density at radius 2 is 2.06 bits per heavy atom. The van der Waals surface area contributed by atoms with Crippen LogP contribution in [0.5, 0.6) is 0 Å². The maximum Gasteiger partial charge on any atom is 0.434 e. The number of carbonyl (C=O) groups excluding carboxylic acids is 1. The summed E-state index contributed by atoms with van der Waals surface area (Å²) in [6.07, 6.45) is -3.45. The van der Waals surface area contributed by atoms with Crippen LogP contribution in [0.1, 0.15) is 36.3 Å². The fourth-order valence-corrected chi connectivity index (χ4v) is 1.34. The van der Waals surface area contributed by atoms with Crippen molar-refractivity contribution in [2.75, 3.05) is 0 Å². The second-order valence-electron chi connectivity index (χ2n) is 3.92. The Morgan fingerprint density at radius 1 is 1.44 bits per heavy atom. The summed E-state index contributed by atoms with van der Waals surface area (Å²) in [7, 11) is 0. The van der Waals surface area contributed by atoms with Crippen molar-refractivity contribution in [3.63, 3.8) is 0 Å². The lowest BCUT2D eigenvalue weighted by molar-refractivity contribution is -0.141. The lowest BCUT2D eigenvalue weighted by Gasteiger charge is -2.11. The monoisotopic (exact) mass is 231 g/mol. The van der Waals surface area contributed by atoms with Gasteiger partial charge < -0.3 is 0 Å². The smallest absolute Gasteiger partial charge is 0.294 e. The van der Waals surface area contributed by atoms with Crippen molar-refractivity contribution in [1.29, 1.82) is 0 Å². The highest BCUT2D eigenvalue weighted by molar-refractivity contribution is 5.97. The highest BCUT2D eigenvalue weighted by Gasteiger charge is 2.36. The van der Waals surface area contributed by atoms with E-state index in [0.29, 0.717) is 0 Å². The summed E-state index contributed by atoms with van der Waals surface area (Å²) in [6, 6.07) is 2.50. The Hall–Kier alpha value is -1.39. The number of pyridine rings is 1. The van der Waals surface area contributed by atoms with Crippen LogP contribution in [0.15, 0.2) is 18.3 Å². The van der Waals surface area contributed by atoms with E-state index in [4.69, 9.17) is 0 Å². The molecule has 88 valence electrons. The number of hydrogen-bond acceptors (Lipinski definition) is 2. The summed E-state index contributed by atoms with van der Waals surface area (Å²) in [6.45, 7) is 3.56. The summed E-state index contributed by atoms with van der Waals surface area (Å²) in [5, 5.41) is 0. The molecule has 0 atom stereocenters. The van der Waals surface area contributed by atoms with Crippen molar-refractivity contribution in [2.24, 2.45) is 5.92 Å². The summed E-state index contributed by atoms with van der Waals surface area (Å²) in [5.41, 5.74) is -1.44. The molecule has 0 saturated heterocycles. The zero-order valence-corrected chi connectivity index (χ0v) is 9.01. The minimum absolute atomic E-state index is 0.0220. The minimum atomic E-state index is -4.58. The van der Waals surface area contributed by atoms with Gasteiger partial charge >= 0.3 is 6.18 Å². The van der Waals surface area contributed by atoms with Crippen LogP contribution in [-0.4, -0.2) is 10.8 Å². The molecule has 1 aromatic rings. The van der Waals surface area contributed by atoms with Crippen molar-refractivity contribution in [1.82, 2.24) is 4.98 Å². The van der Waals surface area contributed by atoms with Gasteiger partial charge in [-0.2, -0.15) is 13.2 Å². The molecule has 16 heavy (non-hydrogen) atoms. The van der Waals surface area contributed by atoms with E-state index in [1.807, 2.05) is 0 Å². The summed E-state index contributed by atoms with van der Waals surface area (Å²) >= 11 is 0. The largest absolute Gasteiger partial charge is 0.434 e. The lowest BCUT2D eigenvalue weighted by Crippen LogP contribution is -2.16. The van der Waals surface area contributed by atoms with Crippen molar-refractivity contribution < 1.29 is 18.0 Å². The zero-order chi connectivity index (χ0) is 12.3. The quantitative estimate of drug-likeness (QED) is 0.747. The number of nitrogens with zero attached hydrogens (tertiary/aromatic N) is 1. The normalized spacial score (nSPS) is 11.9. The molecule has 0 radical (unpaired) electrons. The van der Waals surface area contributed by atoms with E-state index in [1.54, 1.807) is 13.8 Å². The van der Waals surface area contributed by atoms with Gasteiger partial charge in [-0.05, 0) is 18.1 Å². The number of rotatable bonds is 3. The molecule has 0 aromatic carbocycles. The Morgan fingerprint density at radius 3 is 2.56 bits per heavy atom. The first-order valence-corrected chi connectivity index (χ1v) is 4.87. The van der Waals surface area contributed by atoms with E-state index < -0.39 is 17.7 Å². The number of hydrogen-bond donors (Lipinski definition) is 0. The first-order chi connectivity index (χ1) is 7.32. The number of ketones is 1. The van der Waals surface area contributed by atoms with Crippen molar-refractivity contribution >= 4 is 5.78 Å². The van der Waals surface area contributed by atoms with Crippen LogP contribution in [0.4, 0.5) is 13.2 Å². The highest BCUT2D eigenvalue weighted by Crippen LogP contribution is 2.30. The van der Waals surface area contributed by atoms with Crippen molar-refractivity contribution in [3.05, 3.63) is 29.6 Å². The third kappa shape index (κ3) is 3.05. The summed E-state index contributed by atoms with van der Waals surface area (Å²) in [5.74, 6) is -0.496. The van der Waals surface area contributed by atoms with Gasteiger partial charge in [0.05, 0.1) is 0 Å². The van der Waals surface area contributed by atoms with Gasteiger partial charge in [0.2, 0.25) is 0 Å². The molecule has 0 amide bonds. The molecule has 0 aliphatic heterocycles. The molecule has 1 aromatic heterocycles. The topological polar surface area (TPSA) is 30.0 Å². The van der Waals surface area contributed by atoms with Crippen LogP contribution in [-0.2, 0) is 6.18 Å². The van der Waals surface area contributed by atoms with E-state index in [-0.39, 0.29) is 17.9 Å².